The molecule has 0 saturated carbocycles. The van der Waals surface area contributed by atoms with Gasteiger partial charge in [-0.15, -0.1) is 5.10 Å². The Bertz CT molecular complexity index is 2410. The van der Waals surface area contributed by atoms with E-state index in [4.69, 9.17) is 0 Å². The van der Waals surface area contributed by atoms with Crippen LogP contribution in [0.4, 0.5) is 29.1 Å². The lowest BCUT2D eigenvalue weighted by Gasteiger charge is -2.39. The largest absolute Gasteiger partial charge is 0.504 e. The average Bonchev–Trinajstić information content (AvgIpc) is 3.70. The van der Waals surface area contributed by atoms with E-state index in [9.17, 15) is 42.2 Å². The van der Waals surface area contributed by atoms with Crippen molar-refractivity contribution in [2.45, 2.75) is 64.1 Å². The number of carbonyl (C=O) groups excluding carboxylic acids is 2. The summed E-state index contributed by atoms with van der Waals surface area (Å²) >= 11 is 0. The van der Waals surface area contributed by atoms with Crippen molar-refractivity contribution >= 4 is 29.1 Å². The summed E-state index contributed by atoms with van der Waals surface area (Å²) in [6, 6.07) is 5.16. The molecule has 0 radical (unpaired) electrons. The molecule has 1 aliphatic carbocycles. The van der Waals surface area contributed by atoms with E-state index in [1.807, 2.05) is 6.92 Å². The second kappa shape index (κ2) is 14.0. The van der Waals surface area contributed by atoms with Crippen molar-refractivity contribution in [1.29, 1.82) is 0 Å². The maximum absolute atomic E-state index is 14.8. The third-order valence-electron chi connectivity index (χ3n) is 10.3. The molecule has 2 aliphatic rings. The highest BCUT2D eigenvalue weighted by atomic mass is 19.4. The lowest BCUT2D eigenvalue weighted by molar-refractivity contribution is -0.137. The van der Waals surface area contributed by atoms with E-state index < -0.39 is 52.6 Å². The number of hydrogen-bond donors (Lipinski definition) is 4. The van der Waals surface area contributed by atoms with Crippen LogP contribution in [-0.2, 0) is 22.9 Å². The maximum Gasteiger partial charge on any atom is 0.416 e. The second-order valence-corrected chi connectivity index (χ2v) is 13.9. The molecule has 2 amide bonds. The molecule has 1 spiro atoms. The van der Waals surface area contributed by atoms with Gasteiger partial charge in [-0.05, 0) is 69.4 Å². The normalized spacial score (nSPS) is 16.4. The monoisotopic (exact) mass is 764 g/mol. The zero-order valence-corrected chi connectivity index (χ0v) is 29.9. The summed E-state index contributed by atoms with van der Waals surface area (Å²) in [5.41, 5.74) is -0.866. The third kappa shape index (κ3) is 6.72. The molecule has 4 aromatic heterocycles. The molecule has 1 unspecified atom stereocenters. The number of piperidine rings is 1. The van der Waals surface area contributed by atoms with Crippen molar-refractivity contribution < 1.29 is 37.4 Å². The highest BCUT2D eigenvalue weighted by Gasteiger charge is 2.49. The molecular formula is C36H36F4N10O5. The number of alkyl halides is 3. The number of pyridine rings is 1. The summed E-state index contributed by atoms with van der Waals surface area (Å²) in [6.07, 6.45) is -2.38. The summed E-state index contributed by atoms with van der Waals surface area (Å²) < 4.78 is 57.0. The molecular weight excluding hydrogens is 728 g/mol. The molecule has 1 saturated heterocycles. The van der Waals surface area contributed by atoms with Crippen LogP contribution in [-0.4, -0.2) is 87.3 Å². The standard InChI is InChI=1S/C36H36F4N10O5/c1-18-15-35(8-11-48(12-9-35)33(55)28-30(53)20(3)42-17-43-28)27-29(18)49(16-26(52)45-24-6-4-21(14-23(24)37)36(38,39)40)34-46-31(47-50(34)32(27)54)22-5-7-25(41-10-13-51)44-19(22)2/h4-7,14,17-18,51,53H,8-13,15-16H2,1-3H3,(H,41,44)(H,45,52). The van der Waals surface area contributed by atoms with E-state index in [1.165, 1.54) is 10.9 Å². The van der Waals surface area contributed by atoms with E-state index in [0.29, 0.717) is 59.7 Å². The molecule has 7 rings (SSSR count). The Kier molecular flexibility index (Phi) is 9.52. The fraction of sp³-hybridized carbons (Fsp3) is 0.389. The Balaban J connectivity index is 1.29. The minimum absolute atomic E-state index is 0.00907. The minimum atomic E-state index is -4.78. The number of rotatable bonds is 8. The first-order valence-electron chi connectivity index (χ1n) is 17.4. The molecule has 1 fully saturated rings. The zero-order chi connectivity index (χ0) is 39.4. The number of nitrogens with zero attached hydrogens (tertiary/aromatic N) is 8. The lowest BCUT2D eigenvalue weighted by Crippen LogP contribution is -2.46. The van der Waals surface area contributed by atoms with Crippen LogP contribution in [0.25, 0.3) is 17.2 Å². The molecule has 0 bridgehead atoms. The summed E-state index contributed by atoms with van der Waals surface area (Å²) in [4.78, 5) is 60.3. The Morgan fingerprint density at radius 3 is 2.47 bits per heavy atom. The summed E-state index contributed by atoms with van der Waals surface area (Å²) in [6.45, 7) is 5.30. The van der Waals surface area contributed by atoms with Gasteiger partial charge in [-0.1, -0.05) is 6.92 Å². The van der Waals surface area contributed by atoms with Gasteiger partial charge in [0.25, 0.3) is 11.5 Å². The fourth-order valence-electron chi connectivity index (χ4n) is 7.71. The van der Waals surface area contributed by atoms with Gasteiger partial charge in [0.1, 0.15) is 24.5 Å². The van der Waals surface area contributed by atoms with Crippen LogP contribution in [0.15, 0.2) is 41.5 Å². The van der Waals surface area contributed by atoms with E-state index >= 15 is 0 Å². The van der Waals surface area contributed by atoms with Crippen molar-refractivity contribution in [3.63, 3.8) is 0 Å². The number of aromatic hydroxyl groups is 1. The number of benzene rings is 1. The number of nitrogens with one attached hydrogen (secondary N) is 2. The molecule has 1 atom stereocenters. The predicted molar refractivity (Wildman–Crippen MR) is 189 cm³/mol. The van der Waals surface area contributed by atoms with Gasteiger partial charge in [-0.3, -0.25) is 14.4 Å². The first-order valence-corrected chi connectivity index (χ1v) is 17.4. The Morgan fingerprint density at radius 1 is 1.05 bits per heavy atom. The van der Waals surface area contributed by atoms with Crippen LogP contribution < -0.4 is 16.2 Å². The number of fused-ring (bicyclic) bond motifs is 3. The smallest absolute Gasteiger partial charge is 0.416 e. The van der Waals surface area contributed by atoms with E-state index in [1.54, 1.807) is 30.9 Å². The molecule has 288 valence electrons. The van der Waals surface area contributed by atoms with Gasteiger partial charge in [0, 0.05) is 41.9 Å². The van der Waals surface area contributed by atoms with Crippen LogP contribution >= 0.6 is 0 Å². The number of carbonyl (C=O) groups is 2. The molecule has 5 aromatic rings. The Morgan fingerprint density at radius 2 is 1.80 bits per heavy atom. The molecule has 1 aromatic carbocycles. The Labute approximate surface area is 310 Å². The van der Waals surface area contributed by atoms with E-state index in [0.717, 1.165) is 10.6 Å². The highest BCUT2D eigenvalue weighted by molar-refractivity contribution is 5.95. The van der Waals surface area contributed by atoms with Gasteiger partial charge in [0.2, 0.25) is 11.7 Å². The highest BCUT2D eigenvalue weighted by Crippen LogP contribution is 2.50. The Hall–Kier alpha value is -5.98. The number of likely N-dealkylation sites (tertiary alicyclic amines) is 1. The molecule has 1 aliphatic heterocycles. The number of aryl methyl sites for hydroxylation is 2. The van der Waals surface area contributed by atoms with Gasteiger partial charge >= 0.3 is 6.18 Å². The predicted octanol–water partition coefficient (Wildman–Crippen LogP) is 3.95. The van der Waals surface area contributed by atoms with Crippen LogP contribution in [0.2, 0.25) is 0 Å². The number of amides is 2. The van der Waals surface area contributed by atoms with Gasteiger partial charge in [0.15, 0.2) is 17.3 Å². The van der Waals surface area contributed by atoms with Gasteiger partial charge in [-0.2, -0.15) is 22.7 Å². The van der Waals surface area contributed by atoms with Crippen molar-refractivity contribution in [2.24, 2.45) is 0 Å². The van der Waals surface area contributed by atoms with Crippen molar-refractivity contribution in [3.8, 4) is 17.1 Å². The first kappa shape index (κ1) is 37.3. The van der Waals surface area contributed by atoms with Crippen molar-refractivity contribution in [3.05, 3.63) is 86.7 Å². The molecule has 55 heavy (non-hydrogen) atoms. The fourth-order valence-corrected chi connectivity index (χ4v) is 7.71. The quantitative estimate of drug-likeness (QED) is 0.167. The summed E-state index contributed by atoms with van der Waals surface area (Å²) in [5, 5.41) is 29.6. The van der Waals surface area contributed by atoms with Gasteiger partial charge in [-0.25, -0.2) is 19.3 Å². The molecule has 4 N–H and O–H groups in total. The number of anilines is 2. The number of halogens is 4. The van der Waals surface area contributed by atoms with Gasteiger partial charge in [0.05, 0.1) is 29.2 Å². The number of aromatic nitrogens is 7. The zero-order valence-electron chi connectivity index (χ0n) is 29.9. The van der Waals surface area contributed by atoms with Gasteiger partial charge < -0.3 is 30.3 Å². The summed E-state index contributed by atoms with van der Waals surface area (Å²) in [5.74, 6) is -2.53. The van der Waals surface area contributed by atoms with E-state index in [-0.39, 0.29) is 60.9 Å². The third-order valence-corrected chi connectivity index (χ3v) is 10.3. The van der Waals surface area contributed by atoms with Crippen molar-refractivity contribution in [2.75, 3.05) is 36.9 Å². The van der Waals surface area contributed by atoms with Crippen LogP contribution in [0.5, 0.6) is 5.75 Å². The SMILES string of the molecule is Cc1nc(NCCO)ccc1-c1nc2n(CC(=O)Nc3ccc(C(F)(F)F)cc3F)c3c(c(=O)n2n1)C1(CCN(C(=O)c2ncnc(C)c2O)CC1)CC3C. The number of aliphatic hydroxyl groups is 1. The summed E-state index contributed by atoms with van der Waals surface area (Å²) in [7, 11) is 0. The lowest BCUT2D eigenvalue weighted by atomic mass is 9.73. The number of aliphatic hydroxyl groups excluding tert-OH is 1. The van der Waals surface area contributed by atoms with Crippen LogP contribution in [0.1, 0.15) is 70.8 Å². The molecule has 19 heteroatoms. The maximum atomic E-state index is 14.8. The minimum Gasteiger partial charge on any atom is -0.504 e. The molecule has 15 nitrogen and oxygen atoms in total. The average molecular weight is 765 g/mol. The number of hydrogen-bond acceptors (Lipinski definition) is 11. The molecule has 5 heterocycles. The van der Waals surface area contributed by atoms with Crippen LogP contribution in [0, 0.1) is 19.7 Å². The van der Waals surface area contributed by atoms with Crippen LogP contribution in [0.3, 0.4) is 0 Å². The second-order valence-electron chi connectivity index (χ2n) is 13.9. The topological polar surface area (TPSA) is 193 Å². The van der Waals surface area contributed by atoms with Crippen molar-refractivity contribution in [1.82, 2.24) is 39.0 Å². The first-order chi connectivity index (χ1) is 26.1. The van der Waals surface area contributed by atoms with E-state index in [2.05, 4.69) is 35.7 Å².